The van der Waals surface area contributed by atoms with Crippen molar-refractivity contribution in [2.45, 2.75) is 13.0 Å². The lowest BCUT2D eigenvalue weighted by Gasteiger charge is -2.25. The van der Waals surface area contributed by atoms with Crippen molar-refractivity contribution in [3.8, 4) is 0 Å². The second-order valence-electron chi connectivity index (χ2n) is 4.24. The van der Waals surface area contributed by atoms with Gasteiger partial charge in [-0.1, -0.05) is 37.3 Å². The van der Waals surface area contributed by atoms with E-state index in [9.17, 15) is 8.42 Å². The van der Waals surface area contributed by atoms with Crippen LogP contribution in [0.1, 0.15) is 18.5 Å². The van der Waals surface area contributed by atoms with Crippen LogP contribution in [0.4, 0.5) is 0 Å². The lowest BCUT2D eigenvalue weighted by Crippen LogP contribution is -2.41. The molecule has 6 heteroatoms. The van der Waals surface area contributed by atoms with E-state index in [-0.39, 0.29) is 6.04 Å². The van der Waals surface area contributed by atoms with E-state index in [1.165, 1.54) is 0 Å². The fraction of sp³-hybridized carbons (Fsp3) is 0.500. The average molecular weight is 271 g/mol. The highest BCUT2D eigenvalue weighted by atomic mass is 32.2. The molecule has 0 heterocycles. The molecule has 1 unspecified atom stereocenters. The molecule has 1 rings (SSSR count). The zero-order valence-electron chi connectivity index (χ0n) is 11.1. The molecule has 0 aliphatic rings. The zero-order valence-corrected chi connectivity index (χ0v) is 11.9. The van der Waals surface area contributed by atoms with Crippen molar-refractivity contribution in [1.29, 1.82) is 0 Å². The minimum absolute atomic E-state index is 0.0135. The van der Waals surface area contributed by atoms with E-state index >= 15 is 0 Å². The third-order valence-corrected chi connectivity index (χ3v) is 3.82. The first-order valence-corrected chi connectivity index (χ1v) is 7.40. The van der Waals surface area contributed by atoms with E-state index in [0.717, 1.165) is 5.56 Å². The summed E-state index contributed by atoms with van der Waals surface area (Å²) in [4.78, 5) is 1.99. The SMILES string of the molecule is CCNS(=O)(=O)NCC(c1ccccc1)N(C)C. The molecule has 18 heavy (non-hydrogen) atoms. The Balaban J connectivity index is 2.72. The van der Waals surface area contributed by atoms with Gasteiger partial charge in [0.05, 0.1) is 0 Å². The van der Waals surface area contributed by atoms with Crippen LogP contribution in [0.2, 0.25) is 0 Å². The van der Waals surface area contributed by atoms with Crippen molar-refractivity contribution >= 4 is 10.2 Å². The van der Waals surface area contributed by atoms with Crippen LogP contribution >= 0.6 is 0 Å². The number of benzene rings is 1. The smallest absolute Gasteiger partial charge is 0.276 e. The Kier molecular flexibility index (Phi) is 5.74. The van der Waals surface area contributed by atoms with Gasteiger partial charge in [-0.15, -0.1) is 0 Å². The van der Waals surface area contributed by atoms with E-state index in [1.807, 2.05) is 49.3 Å². The van der Waals surface area contributed by atoms with Gasteiger partial charge in [-0.3, -0.25) is 0 Å². The number of likely N-dealkylation sites (N-methyl/N-ethyl adjacent to an activating group) is 1. The van der Waals surface area contributed by atoms with Crippen LogP contribution in [-0.2, 0) is 10.2 Å². The van der Waals surface area contributed by atoms with Crippen LogP contribution < -0.4 is 9.44 Å². The van der Waals surface area contributed by atoms with Crippen molar-refractivity contribution in [3.63, 3.8) is 0 Å². The Morgan fingerprint density at radius 3 is 2.28 bits per heavy atom. The van der Waals surface area contributed by atoms with Crippen LogP contribution in [0.25, 0.3) is 0 Å². The molecule has 0 bridgehead atoms. The Labute approximate surface area is 109 Å². The summed E-state index contributed by atoms with van der Waals surface area (Å²) in [5, 5.41) is 0. The number of nitrogens with one attached hydrogen (secondary N) is 2. The molecule has 1 atom stereocenters. The standard InChI is InChI=1S/C12H21N3O2S/c1-4-13-18(16,17)14-10-12(15(2)3)11-8-6-5-7-9-11/h5-9,12-14H,4,10H2,1-3H3. The lowest BCUT2D eigenvalue weighted by atomic mass is 10.1. The van der Waals surface area contributed by atoms with Gasteiger partial charge < -0.3 is 4.90 Å². The first kappa shape index (κ1) is 15.1. The van der Waals surface area contributed by atoms with Gasteiger partial charge in [0, 0.05) is 19.1 Å². The first-order valence-electron chi connectivity index (χ1n) is 5.92. The highest BCUT2D eigenvalue weighted by Gasteiger charge is 2.16. The molecular weight excluding hydrogens is 250 g/mol. The van der Waals surface area contributed by atoms with Crippen LogP contribution in [0.3, 0.4) is 0 Å². The molecule has 102 valence electrons. The first-order chi connectivity index (χ1) is 8.46. The summed E-state index contributed by atoms with van der Waals surface area (Å²) in [6, 6.07) is 9.84. The molecule has 0 saturated heterocycles. The summed E-state index contributed by atoms with van der Waals surface area (Å²) in [5.74, 6) is 0. The predicted octanol–water partition coefficient (Wildman–Crippen LogP) is 0.733. The molecule has 0 saturated carbocycles. The topological polar surface area (TPSA) is 61.4 Å². The van der Waals surface area contributed by atoms with E-state index in [0.29, 0.717) is 13.1 Å². The Morgan fingerprint density at radius 2 is 1.78 bits per heavy atom. The maximum absolute atomic E-state index is 11.5. The Morgan fingerprint density at radius 1 is 1.17 bits per heavy atom. The van der Waals surface area contributed by atoms with Crippen LogP contribution in [-0.4, -0.2) is 40.5 Å². The summed E-state index contributed by atoms with van der Waals surface area (Å²) >= 11 is 0. The molecule has 2 N–H and O–H groups in total. The fourth-order valence-corrected chi connectivity index (χ4v) is 2.56. The van der Waals surface area contributed by atoms with Gasteiger partial charge in [0.15, 0.2) is 0 Å². The molecule has 0 radical (unpaired) electrons. The molecule has 0 spiro atoms. The zero-order chi connectivity index (χ0) is 13.6. The third-order valence-electron chi connectivity index (χ3n) is 2.61. The van der Waals surface area contributed by atoms with Crippen LogP contribution in [0.15, 0.2) is 30.3 Å². The molecule has 0 aliphatic heterocycles. The van der Waals surface area contributed by atoms with Crippen LogP contribution in [0.5, 0.6) is 0 Å². The predicted molar refractivity (Wildman–Crippen MR) is 73.5 cm³/mol. The summed E-state index contributed by atoms with van der Waals surface area (Å²) in [5.41, 5.74) is 1.08. The Hall–Kier alpha value is -0.950. The maximum atomic E-state index is 11.5. The third kappa shape index (κ3) is 4.73. The minimum Gasteiger partial charge on any atom is -0.301 e. The summed E-state index contributed by atoms with van der Waals surface area (Å²) in [6.45, 7) is 2.47. The van der Waals surface area contributed by atoms with Gasteiger partial charge in [0.1, 0.15) is 0 Å². The monoisotopic (exact) mass is 271 g/mol. The molecule has 1 aromatic rings. The molecule has 1 aromatic carbocycles. The van der Waals surface area contributed by atoms with E-state index < -0.39 is 10.2 Å². The van der Waals surface area contributed by atoms with Gasteiger partial charge in [-0.05, 0) is 19.7 Å². The summed E-state index contributed by atoms with van der Waals surface area (Å²) in [6.07, 6.45) is 0. The molecule has 0 aromatic heterocycles. The maximum Gasteiger partial charge on any atom is 0.276 e. The van der Waals surface area contributed by atoms with Crippen molar-refractivity contribution in [1.82, 2.24) is 14.3 Å². The highest BCUT2D eigenvalue weighted by Crippen LogP contribution is 2.16. The van der Waals surface area contributed by atoms with Crippen molar-refractivity contribution in [3.05, 3.63) is 35.9 Å². The van der Waals surface area contributed by atoms with Gasteiger partial charge in [0.2, 0.25) is 0 Å². The van der Waals surface area contributed by atoms with E-state index in [1.54, 1.807) is 6.92 Å². The lowest BCUT2D eigenvalue weighted by molar-refractivity contribution is 0.299. The average Bonchev–Trinajstić information content (AvgIpc) is 2.30. The van der Waals surface area contributed by atoms with Gasteiger partial charge >= 0.3 is 0 Å². The summed E-state index contributed by atoms with van der Waals surface area (Å²) in [7, 11) is 0.465. The van der Waals surface area contributed by atoms with E-state index in [2.05, 4.69) is 9.44 Å². The minimum atomic E-state index is -3.39. The number of hydrogen-bond donors (Lipinski definition) is 2. The molecular formula is C12H21N3O2S. The highest BCUT2D eigenvalue weighted by molar-refractivity contribution is 7.87. The second kappa shape index (κ2) is 6.84. The van der Waals surface area contributed by atoms with Crippen LogP contribution in [0, 0.1) is 0 Å². The van der Waals surface area contributed by atoms with Crippen molar-refractivity contribution < 1.29 is 8.42 Å². The molecule has 0 aliphatic carbocycles. The molecule has 0 fully saturated rings. The van der Waals surface area contributed by atoms with Crippen molar-refractivity contribution in [2.24, 2.45) is 0 Å². The quantitative estimate of drug-likeness (QED) is 0.768. The van der Waals surface area contributed by atoms with Gasteiger partial charge in [-0.2, -0.15) is 8.42 Å². The largest absolute Gasteiger partial charge is 0.301 e. The second-order valence-corrected chi connectivity index (χ2v) is 5.82. The van der Waals surface area contributed by atoms with Crippen molar-refractivity contribution in [2.75, 3.05) is 27.2 Å². The normalized spacial score (nSPS) is 13.8. The molecule has 0 amide bonds. The Bertz CT molecular complexity index is 446. The number of nitrogens with zero attached hydrogens (tertiary/aromatic N) is 1. The van der Waals surface area contributed by atoms with Gasteiger partial charge in [-0.25, -0.2) is 9.44 Å². The number of rotatable bonds is 7. The molecule has 5 nitrogen and oxygen atoms in total. The fourth-order valence-electron chi connectivity index (χ4n) is 1.70. The van der Waals surface area contributed by atoms with Gasteiger partial charge in [0.25, 0.3) is 10.2 Å². The van der Waals surface area contributed by atoms with E-state index in [4.69, 9.17) is 0 Å². The number of hydrogen-bond acceptors (Lipinski definition) is 3. The summed E-state index contributed by atoms with van der Waals surface area (Å²) < 4.78 is 28.1.